The van der Waals surface area contributed by atoms with Crippen molar-refractivity contribution in [2.24, 2.45) is 0 Å². The van der Waals surface area contributed by atoms with E-state index in [-0.39, 0.29) is 16.7 Å². The van der Waals surface area contributed by atoms with Crippen molar-refractivity contribution in [3.8, 4) is 0 Å². The van der Waals surface area contributed by atoms with Crippen molar-refractivity contribution in [1.82, 2.24) is 10.3 Å². The number of aromatic nitrogens is 1. The molecule has 26 heavy (non-hydrogen) atoms. The Hall–Kier alpha value is -2.51. The highest BCUT2D eigenvalue weighted by Gasteiger charge is 2.30. The highest BCUT2D eigenvalue weighted by atomic mass is 32.2. The first-order valence-corrected chi connectivity index (χ1v) is 10.4. The van der Waals surface area contributed by atoms with E-state index in [4.69, 9.17) is 0 Å². The molecular weight excluding hydrogens is 368 g/mol. The molecule has 0 unspecified atom stereocenters. The lowest BCUT2D eigenvalue weighted by Crippen LogP contribution is -2.31. The van der Waals surface area contributed by atoms with Crippen molar-refractivity contribution < 1.29 is 13.2 Å². The van der Waals surface area contributed by atoms with Gasteiger partial charge in [0.25, 0.3) is 5.91 Å². The first-order chi connectivity index (χ1) is 12.5. The van der Waals surface area contributed by atoms with Crippen LogP contribution in [0.15, 0.2) is 70.5 Å². The van der Waals surface area contributed by atoms with E-state index in [1.54, 1.807) is 48.0 Å². The van der Waals surface area contributed by atoms with E-state index in [0.717, 1.165) is 16.9 Å². The molecule has 5 nitrogen and oxygen atoms in total. The number of rotatable bonds is 6. The average molecular weight is 386 g/mol. The molecule has 0 bridgehead atoms. The molecule has 1 amide bonds. The Kier molecular flexibility index (Phi) is 5.49. The Morgan fingerprint density at radius 1 is 1.15 bits per heavy atom. The zero-order valence-electron chi connectivity index (χ0n) is 14.1. The molecule has 134 valence electrons. The summed E-state index contributed by atoms with van der Waals surface area (Å²) in [6, 6.07) is 13.8. The number of sulfone groups is 1. The molecule has 0 saturated heterocycles. The maximum atomic E-state index is 13.0. The smallest absolute Gasteiger partial charge is 0.251 e. The molecule has 0 radical (unpaired) electrons. The minimum absolute atomic E-state index is 0.0291. The molecule has 0 aliphatic carbocycles. The van der Waals surface area contributed by atoms with E-state index >= 15 is 0 Å². The van der Waals surface area contributed by atoms with Crippen LogP contribution in [-0.4, -0.2) is 25.9 Å². The third-order valence-corrected chi connectivity index (χ3v) is 7.50. The van der Waals surface area contributed by atoms with Crippen molar-refractivity contribution in [3.05, 3.63) is 83.0 Å². The molecule has 0 aliphatic rings. The van der Waals surface area contributed by atoms with Crippen LogP contribution >= 0.6 is 11.3 Å². The van der Waals surface area contributed by atoms with Crippen molar-refractivity contribution >= 4 is 27.1 Å². The van der Waals surface area contributed by atoms with Gasteiger partial charge in [0.05, 0.1) is 0 Å². The van der Waals surface area contributed by atoms with E-state index in [2.05, 4.69) is 10.3 Å². The third kappa shape index (κ3) is 4.00. The van der Waals surface area contributed by atoms with Crippen LogP contribution in [0, 0.1) is 6.92 Å². The summed E-state index contributed by atoms with van der Waals surface area (Å²) in [4.78, 5) is 16.4. The van der Waals surface area contributed by atoms with Crippen LogP contribution in [-0.2, 0) is 9.84 Å². The zero-order valence-corrected chi connectivity index (χ0v) is 15.8. The number of carbonyl (C=O) groups is 1. The highest BCUT2D eigenvalue weighted by molar-refractivity contribution is 7.93. The van der Waals surface area contributed by atoms with Crippen molar-refractivity contribution in [2.75, 3.05) is 6.54 Å². The molecule has 3 rings (SSSR count). The van der Waals surface area contributed by atoms with Crippen molar-refractivity contribution in [2.45, 2.75) is 16.4 Å². The minimum atomic E-state index is -3.63. The first kappa shape index (κ1) is 18.3. The zero-order chi connectivity index (χ0) is 18.6. The highest BCUT2D eigenvalue weighted by Crippen LogP contribution is 2.30. The lowest BCUT2D eigenvalue weighted by atomic mass is 10.1. The van der Waals surface area contributed by atoms with Crippen LogP contribution in [0.2, 0.25) is 0 Å². The van der Waals surface area contributed by atoms with Crippen LogP contribution in [0.25, 0.3) is 0 Å². The predicted octanol–water partition coefficient (Wildman–Crippen LogP) is 3.40. The third-order valence-electron chi connectivity index (χ3n) is 3.97. The van der Waals surface area contributed by atoms with E-state index in [9.17, 15) is 13.2 Å². The topological polar surface area (TPSA) is 76.1 Å². The Balaban J connectivity index is 1.85. The monoisotopic (exact) mass is 386 g/mol. The Morgan fingerprint density at radius 3 is 2.54 bits per heavy atom. The molecule has 0 fully saturated rings. The number of nitrogens with one attached hydrogen (secondary N) is 1. The van der Waals surface area contributed by atoms with Gasteiger partial charge in [-0.3, -0.25) is 9.78 Å². The molecular formula is C19H18N2O3S2. The Morgan fingerprint density at radius 2 is 1.92 bits per heavy atom. The summed E-state index contributed by atoms with van der Waals surface area (Å²) in [7, 11) is -3.63. The fraction of sp³-hybridized carbons (Fsp3) is 0.158. The van der Waals surface area contributed by atoms with Gasteiger partial charge < -0.3 is 5.32 Å². The van der Waals surface area contributed by atoms with Crippen LogP contribution in [0.5, 0.6) is 0 Å². The molecule has 1 atom stereocenters. The van der Waals surface area contributed by atoms with E-state index < -0.39 is 15.1 Å². The predicted molar refractivity (Wildman–Crippen MR) is 102 cm³/mol. The largest absolute Gasteiger partial charge is 0.350 e. The van der Waals surface area contributed by atoms with Crippen LogP contribution < -0.4 is 5.32 Å². The average Bonchev–Trinajstić information content (AvgIpc) is 3.18. The summed E-state index contributed by atoms with van der Waals surface area (Å²) >= 11 is 1.16. The normalized spacial score (nSPS) is 12.5. The Labute approximate surface area is 156 Å². The maximum absolute atomic E-state index is 13.0. The maximum Gasteiger partial charge on any atom is 0.251 e. The molecule has 0 aliphatic heterocycles. The number of hydrogen-bond acceptors (Lipinski definition) is 5. The summed E-state index contributed by atoms with van der Waals surface area (Å²) in [5, 5.41) is 3.57. The number of carbonyl (C=O) groups excluding carboxylic acids is 1. The van der Waals surface area contributed by atoms with Gasteiger partial charge in [-0.1, -0.05) is 29.8 Å². The lowest BCUT2D eigenvalue weighted by molar-refractivity contribution is 0.0953. The van der Waals surface area contributed by atoms with E-state index in [1.807, 2.05) is 19.1 Å². The second-order valence-electron chi connectivity index (χ2n) is 5.83. The van der Waals surface area contributed by atoms with Crippen LogP contribution in [0.1, 0.15) is 26.7 Å². The standard InChI is InChI=1S/C19H18N2O3S2/c1-14-6-8-15(9-7-14)19(22)21-13-17(16-4-2-10-20-12-16)26(23,24)18-5-3-11-25-18/h2-12,17H,13H2,1H3,(H,21,22)/t17-/m0/s1. The molecule has 1 aromatic carbocycles. The quantitative estimate of drug-likeness (QED) is 0.704. The van der Waals surface area contributed by atoms with Gasteiger partial charge in [-0.2, -0.15) is 0 Å². The van der Waals surface area contributed by atoms with Gasteiger partial charge in [0.2, 0.25) is 0 Å². The SMILES string of the molecule is Cc1ccc(C(=O)NC[C@@H](c2cccnc2)S(=O)(=O)c2cccs2)cc1. The van der Waals surface area contributed by atoms with E-state index in [0.29, 0.717) is 11.1 Å². The number of benzene rings is 1. The van der Waals surface area contributed by atoms with Gasteiger partial charge in [0.1, 0.15) is 9.46 Å². The first-order valence-electron chi connectivity index (χ1n) is 8.00. The van der Waals surface area contributed by atoms with Gasteiger partial charge >= 0.3 is 0 Å². The fourth-order valence-corrected chi connectivity index (χ4v) is 5.38. The fourth-order valence-electron chi connectivity index (χ4n) is 2.53. The number of pyridine rings is 1. The van der Waals surface area contributed by atoms with Gasteiger partial charge in [-0.05, 0) is 42.1 Å². The molecule has 3 aromatic rings. The van der Waals surface area contributed by atoms with Crippen LogP contribution in [0.4, 0.5) is 0 Å². The number of amides is 1. The molecule has 2 aromatic heterocycles. The second kappa shape index (κ2) is 7.80. The molecule has 0 saturated carbocycles. The minimum Gasteiger partial charge on any atom is -0.350 e. The van der Waals surface area contributed by atoms with E-state index in [1.165, 1.54) is 6.20 Å². The summed E-state index contributed by atoms with van der Waals surface area (Å²) in [6.45, 7) is 1.91. The summed E-state index contributed by atoms with van der Waals surface area (Å²) < 4.78 is 26.3. The molecule has 2 heterocycles. The van der Waals surface area contributed by atoms with Gasteiger partial charge in [-0.15, -0.1) is 11.3 Å². The molecule has 0 spiro atoms. The van der Waals surface area contributed by atoms with Crippen molar-refractivity contribution in [1.29, 1.82) is 0 Å². The van der Waals surface area contributed by atoms with Gasteiger partial charge in [0.15, 0.2) is 9.84 Å². The second-order valence-corrected chi connectivity index (χ2v) is 9.13. The molecule has 1 N–H and O–H groups in total. The summed E-state index contributed by atoms with van der Waals surface area (Å²) in [6.07, 6.45) is 3.11. The summed E-state index contributed by atoms with van der Waals surface area (Å²) in [5.41, 5.74) is 2.09. The van der Waals surface area contributed by atoms with Crippen LogP contribution in [0.3, 0.4) is 0 Å². The number of hydrogen-bond donors (Lipinski definition) is 1. The van der Waals surface area contributed by atoms with Crippen molar-refractivity contribution in [3.63, 3.8) is 0 Å². The Bertz CT molecular complexity index is 967. The summed E-state index contributed by atoms with van der Waals surface area (Å²) in [5.74, 6) is -0.305. The van der Waals surface area contributed by atoms with Gasteiger partial charge in [0, 0.05) is 24.5 Å². The number of aryl methyl sites for hydroxylation is 1. The lowest BCUT2D eigenvalue weighted by Gasteiger charge is -2.18. The number of thiophene rings is 1. The number of nitrogens with zero attached hydrogens (tertiary/aromatic N) is 1. The van der Waals surface area contributed by atoms with Gasteiger partial charge in [-0.25, -0.2) is 8.42 Å². The molecule has 7 heteroatoms.